The van der Waals surface area contributed by atoms with Crippen LogP contribution in [0.15, 0.2) is 53.4 Å². The fraction of sp³-hybridized carbons (Fsp3) is 0.333. The number of nitrogens with two attached hydrogens (primary N) is 1. The molecule has 27 heavy (non-hydrogen) atoms. The third-order valence-corrected chi connectivity index (χ3v) is 5.34. The molecular weight excluding hydrogens is 398 g/mol. The highest BCUT2D eigenvalue weighted by atomic mass is 35.5. The number of hydrogen-bond donors (Lipinski definition) is 2. The minimum absolute atomic E-state index is 0. The number of alkyl halides is 2. The maximum Gasteiger partial charge on any atom is 0.387 e. The molecule has 0 bridgehead atoms. The van der Waals surface area contributed by atoms with E-state index in [0.29, 0.717) is 5.92 Å². The summed E-state index contributed by atoms with van der Waals surface area (Å²) in [5.74, 6) is -0.0324. The van der Waals surface area contributed by atoms with E-state index in [9.17, 15) is 17.2 Å². The Labute approximate surface area is 164 Å². The van der Waals surface area contributed by atoms with Crippen LogP contribution in [0.4, 0.5) is 8.78 Å². The Hall–Kier alpha value is -1.74. The molecule has 0 fully saturated rings. The zero-order chi connectivity index (χ0) is 19.3. The van der Waals surface area contributed by atoms with E-state index in [1.54, 1.807) is 0 Å². The molecule has 0 spiro atoms. The minimum Gasteiger partial charge on any atom is -0.433 e. The van der Waals surface area contributed by atoms with E-state index in [2.05, 4.69) is 23.3 Å². The lowest BCUT2D eigenvalue weighted by atomic mass is 9.99. The van der Waals surface area contributed by atoms with Crippen LogP contribution in [-0.2, 0) is 10.0 Å². The summed E-state index contributed by atoms with van der Waals surface area (Å²) < 4.78 is 56.4. The molecule has 0 saturated heterocycles. The highest BCUT2D eigenvalue weighted by molar-refractivity contribution is 7.89. The van der Waals surface area contributed by atoms with Gasteiger partial charge in [0.25, 0.3) is 0 Å². The normalized spacial score (nSPS) is 12.7. The number of nitrogens with one attached hydrogen (secondary N) is 1. The van der Waals surface area contributed by atoms with Crippen molar-refractivity contribution in [2.75, 3.05) is 6.54 Å². The van der Waals surface area contributed by atoms with Gasteiger partial charge in [0.05, 0.1) is 0 Å². The topological polar surface area (TPSA) is 81.4 Å². The van der Waals surface area contributed by atoms with E-state index in [1.807, 2.05) is 24.3 Å². The second-order valence-electron chi connectivity index (χ2n) is 6.10. The van der Waals surface area contributed by atoms with Gasteiger partial charge >= 0.3 is 6.61 Å². The first-order valence-corrected chi connectivity index (χ1v) is 9.58. The summed E-state index contributed by atoms with van der Waals surface area (Å²) in [4.78, 5) is -0.359. The number of hydrogen-bond acceptors (Lipinski definition) is 4. The Morgan fingerprint density at radius 3 is 2.15 bits per heavy atom. The molecule has 0 aliphatic rings. The van der Waals surface area contributed by atoms with Crippen LogP contribution in [0.1, 0.15) is 36.9 Å². The molecule has 0 aliphatic carbocycles. The molecule has 2 aromatic rings. The summed E-state index contributed by atoms with van der Waals surface area (Å²) in [6.07, 6.45) is 0. The van der Waals surface area contributed by atoms with Gasteiger partial charge in [0, 0.05) is 12.6 Å². The molecule has 0 radical (unpaired) electrons. The summed E-state index contributed by atoms with van der Waals surface area (Å²) >= 11 is 0. The zero-order valence-corrected chi connectivity index (χ0v) is 16.6. The summed E-state index contributed by atoms with van der Waals surface area (Å²) in [7, 11) is -4.05. The van der Waals surface area contributed by atoms with Crippen LogP contribution in [0.2, 0.25) is 0 Å². The van der Waals surface area contributed by atoms with Gasteiger partial charge in [-0.1, -0.05) is 50.2 Å². The number of halogens is 3. The highest BCUT2D eigenvalue weighted by Crippen LogP contribution is 2.25. The van der Waals surface area contributed by atoms with Gasteiger partial charge in [0.2, 0.25) is 10.0 Å². The van der Waals surface area contributed by atoms with Gasteiger partial charge in [0.1, 0.15) is 10.6 Å². The van der Waals surface area contributed by atoms with Crippen LogP contribution < -0.4 is 15.2 Å². The molecule has 3 N–H and O–H groups in total. The molecule has 2 rings (SSSR count). The Kier molecular flexibility index (Phi) is 8.61. The summed E-state index contributed by atoms with van der Waals surface area (Å²) in [6, 6.07) is 12.2. The van der Waals surface area contributed by atoms with Gasteiger partial charge in [-0.05, 0) is 29.2 Å². The number of benzene rings is 2. The van der Waals surface area contributed by atoms with Gasteiger partial charge in [-0.25, -0.2) is 13.1 Å². The Balaban J connectivity index is 0.00000364. The SMILES string of the molecule is CC(C)c1ccc(C(N)CNS(=O)(=O)c2ccccc2OC(F)F)cc1.Cl. The predicted molar refractivity (Wildman–Crippen MR) is 103 cm³/mol. The molecule has 0 amide bonds. The number of sulfonamides is 1. The fourth-order valence-corrected chi connectivity index (χ4v) is 3.58. The third-order valence-electron chi connectivity index (χ3n) is 3.88. The van der Waals surface area contributed by atoms with E-state index in [4.69, 9.17) is 5.73 Å². The highest BCUT2D eigenvalue weighted by Gasteiger charge is 2.22. The van der Waals surface area contributed by atoms with Crippen LogP contribution in [-0.4, -0.2) is 21.6 Å². The Morgan fingerprint density at radius 1 is 1.04 bits per heavy atom. The van der Waals surface area contributed by atoms with Crippen molar-refractivity contribution in [3.63, 3.8) is 0 Å². The van der Waals surface area contributed by atoms with Crippen molar-refractivity contribution in [3.8, 4) is 5.75 Å². The second-order valence-corrected chi connectivity index (χ2v) is 7.84. The molecule has 5 nitrogen and oxygen atoms in total. The van der Waals surface area contributed by atoms with E-state index in [1.165, 1.54) is 24.3 Å². The van der Waals surface area contributed by atoms with E-state index >= 15 is 0 Å². The predicted octanol–water partition coefficient (Wildman–Crippen LogP) is 3.81. The lowest BCUT2D eigenvalue weighted by Crippen LogP contribution is -2.32. The molecular formula is C18H23ClF2N2O3S. The lowest BCUT2D eigenvalue weighted by molar-refractivity contribution is -0.0517. The van der Waals surface area contributed by atoms with Gasteiger partial charge in [-0.15, -0.1) is 12.4 Å². The standard InChI is InChI=1S/C18H22F2N2O3S.ClH/c1-12(2)13-7-9-14(10-8-13)15(21)11-22-26(23,24)17-6-4-3-5-16(17)25-18(19)20;/h3-10,12,15,18,22H,11,21H2,1-2H3;1H. The van der Waals surface area contributed by atoms with Crippen LogP contribution in [0.3, 0.4) is 0 Å². The van der Waals surface area contributed by atoms with Gasteiger partial charge in [0.15, 0.2) is 0 Å². The maximum absolute atomic E-state index is 12.5. The molecule has 150 valence electrons. The van der Waals surface area contributed by atoms with Crippen LogP contribution in [0, 0.1) is 0 Å². The fourth-order valence-electron chi connectivity index (χ4n) is 2.39. The summed E-state index contributed by atoms with van der Waals surface area (Å²) in [5, 5.41) is 0. The first-order valence-electron chi connectivity index (χ1n) is 8.09. The number of rotatable bonds is 8. The first kappa shape index (κ1) is 23.3. The quantitative estimate of drug-likeness (QED) is 0.680. The van der Waals surface area contributed by atoms with Gasteiger partial charge < -0.3 is 10.5 Å². The van der Waals surface area contributed by atoms with E-state index < -0.39 is 28.4 Å². The molecule has 2 aromatic carbocycles. The molecule has 9 heteroatoms. The first-order chi connectivity index (χ1) is 12.2. The van der Waals surface area contributed by atoms with Crippen molar-refractivity contribution in [1.82, 2.24) is 4.72 Å². The van der Waals surface area contributed by atoms with Crippen molar-refractivity contribution in [3.05, 3.63) is 59.7 Å². The monoisotopic (exact) mass is 420 g/mol. The van der Waals surface area contributed by atoms with Gasteiger partial charge in [-0.3, -0.25) is 0 Å². The molecule has 1 atom stereocenters. The smallest absolute Gasteiger partial charge is 0.387 e. The number of para-hydroxylation sites is 1. The molecule has 0 aliphatic heterocycles. The van der Waals surface area contributed by atoms with Crippen LogP contribution in [0.25, 0.3) is 0 Å². The van der Waals surface area contributed by atoms with Crippen molar-refractivity contribution < 1.29 is 21.9 Å². The van der Waals surface area contributed by atoms with Crippen LogP contribution >= 0.6 is 12.4 Å². The van der Waals surface area contributed by atoms with Crippen molar-refractivity contribution in [2.24, 2.45) is 5.73 Å². The second kappa shape index (κ2) is 9.98. The van der Waals surface area contributed by atoms with Gasteiger partial charge in [-0.2, -0.15) is 8.78 Å². The Morgan fingerprint density at radius 2 is 1.59 bits per heavy atom. The number of ether oxygens (including phenoxy) is 1. The largest absolute Gasteiger partial charge is 0.433 e. The third kappa shape index (κ3) is 6.42. The van der Waals surface area contributed by atoms with Crippen LogP contribution in [0.5, 0.6) is 5.75 Å². The molecule has 0 saturated carbocycles. The Bertz CT molecular complexity index is 831. The summed E-state index contributed by atoms with van der Waals surface area (Å²) in [5.41, 5.74) is 7.97. The van der Waals surface area contributed by atoms with Crippen molar-refractivity contribution >= 4 is 22.4 Å². The van der Waals surface area contributed by atoms with Crippen molar-refractivity contribution in [2.45, 2.75) is 37.3 Å². The zero-order valence-electron chi connectivity index (χ0n) is 14.9. The van der Waals surface area contributed by atoms with E-state index in [0.717, 1.165) is 11.1 Å². The molecule has 1 unspecified atom stereocenters. The average molecular weight is 421 g/mol. The van der Waals surface area contributed by atoms with Crippen molar-refractivity contribution in [1.29, 1.82) is 0 Å². The van der Waals surface area contributed by atoms with E-state index in [-0.39, 0.29) is 23.8 Å². The minimum atomic E-state index is -4.05. The lowest BCUT2D eigenvalue weighted by Gasteiger charge is -2.16. The summed E-state index contributed by atoms with van der Waals surface area (Å²) in [6.45, 7) is 0.948. The average Bonchev–Trinajstić information content (AvgIpc) is 2.59. The maximum atomic E-state index is 12.5. The molecule has 0 heterocycles. The molecule has 0 aromatic heterocycles.